The Labute approximate surface area is 111 Å². The molecule has 0 spiro atoms. The Morgan fingerprint density at radius 1 is 1.17 bits per heavy atom. The first kappa shape index (κ1) is 12.8. The summed E-state index contributed by atoms with van der Waals surface area (Å²) in [7, 11) is 0. The number of thiol groups is 1. The molecule has 92 valence electrons. The summed E-state index contributed by atoms with van der Waals surface area (Å²) in [6.07, 6.45) is -0.0646. The number of hydrogen-bond donors (Lipinski definition) is 1. The third-order valence-corrected chi connectivity index (χ3v) is 3.34. The van der Waals surface area contributed by atoms with Gasteiger partial charge in [0.05, 0.1) is 6.42 Å². The number of Topliss-reactive ketones (excluding diaryl/α,β-unsaturated/α-hetero) is 2. The quantitative estimate of drug-likeness (QED) is 0.518. The molecule has 0 amide bonds. The minimum atomic E-state index is -0.170. The topological polar surface area (TPSA) is 34.1 Å². The number of hydrogen-bond acceptors (Lipinski definition) is 3. The molecule has 2 aromatic carbocycles. The highest BCUT2D eigenvalue weighted by Crippen LogP contribution is 2.27. The number of benzene rings is 2. The maximum absolute atomic E-state index is 11.9. The van der Waals surface area contributed by atoms with E-state index in [9.17, 15) is 9.59 Å². The molecular formula is C15H14O2S. The normalized spacial score (nSPS) is 10.6. The van der Waals surface area contributed by atoms with Crippen LogP contribution in [0.3, 0.4) is 0 Å². The lowest BCUT2D eigenvalue weighted by atomic mass is 10.0. The van der Waals surface area contributed by atoms with Crippen LogP contribution in [0.15, 0.2) is 35.2 Å². The van der Waals surface area contributed by atoms with Crippen molar-refractivity contribution in [2.45, 2.75) is 25.2 Å². The van der Waals surface area contributed by atoms with Crippen LogP contribution in [0.25, 0.3) is 10.8 Å². The zero-order chi connectivity index (χ0) is 13.3. The van der Waals surface area contributed by atoms with E-state index in [1.165, 1.54) is 6.92 Å². The van der Waals surface area contributed by atoms with Gasteiger partial charge in [-0.05, 0) is 30.7 Å². The molecule has 0 aliphatic carbocycles. The van der Waals surface area contributed by atoms with Gasteiger partial charge >= 0.3 is 0 Å². The number of aryl methyl sites for hydroxylation is 1. The molecule has 2 aromatic rings. The van der Waals surface area contributed by atoms with E-state index in [4.69, 9.17) is 0 Å². The smallest absolute Gasteiger partial charge is 0.171 e. The molecule has 0 bridgehead atoms. The van der Waals surface area contributed by atoms with Crippen LogP contribution >= 0.6 is 12.6 Å². The molecule has 0 fully saturated rings. The van der Waals surface area contributed by atoms with E-state index >= 15 is 0 Å². The standard InChI is InChI=1S/C15H14O2S/c1-9-3-4-11-5-6-12(14(17)8-10(2)16)15(18)13(11)7-9/h3-7,18H,8H2,1-2H3. The average Bonchev–Trinajstić information content (AvgIpc) is 2.29. The summed E-state index contributed by atoms with van der Waals surface area (Å²) in [5, 5.41) is 2.00. The lowest BCUT2D eigenvalue weighted by molar-refractivity contribution is -0.116. The van der Waals surface area contributed by atoms with Gasteiger partial charge in [-0.25, -0.2) is 0 Å². The molecule has 0 aliphatic heterocycles. The van der Waals surface area contributed by atoms with Crippen molar-refractivity contribution in [2.75, 3.05) is 0 Å². The van der Waals surface area contributed by atoms with E-state index < -0.39 is 0 Å². The van der Waals surface area contributed by atoms with Crippen molar-refractivity contribution < 1.29 is 9.59 Å². The van der Waals surface area contributed by atoms with Crippen molar-refractivity contribution in [3.8, 4) is 0 Å². The van der Waals surface area contributed by atoms with Crippen molar-refractivity contribution in [1.29, 1.82) is 0 Å². The lowest BCUT2D eigenvalue weighted by Crippen LogP contribution is -2.06. The monoisotopic (exact) mass is 258 g/mol. The van der Waals surface area contributed by atoms with Gasteiger partial charge in [-0.3, -0.25) is 9.59 Å². The summed E-state index contributed by atoms with van der Waals surface area (Å²) < 4.78 is 0. The molecule has 0 atom stereocenters. The van der Waals surface area contributed by atoms with Gasteiger partial charge in [0.25, 0.3) is 0 Å². The van der Waals surface area contributed by atoms with Crippen molar-refractivity contribution in [3.05, 3.63) is 41.5 Å². The summed E-state index contributed by atoms with van der Waals surface area (Å²) >= 11 is 4.44. The zero-order valence-corrected chi connectivity index (χ0v) is 11.3. The Hall–Kier alpha value is -1.61. The van der Waals surface area contributed by atoms with Crippen LogP contribution in [0.2, 0.25) is 0 Å². The molecule has 18 heavy (non-hydrogen) atoms. The third-order valence-electron chi connectivity index (χ3n) is 2.86. The molecule has 2 rings (SSSR count). The SMILES string of the molecule is CC(=O)CC(=O)c1ccc2ccc(C)cc2c1S. The van der Waals surface area contributed by atoms with Crippen LogP contribution in [0, 0.1) is 6.92 Å². The van der Waals surface area contributed by atoms with E-state index in [-0.39, 0.29) is 18.0 Å². The Morgan fingerprint density at radius 2 is 1.83 bits per heavy atom. The molecule has 0 saturated heterocycles. The van der Waals surface area contributed by atoms with E-state index in [0.717, 1.165) is 16.3 Å². The summed E-state index contributed by atoms with van der Waals surface area (Å²) in [6.45, 7) is 3.41. The molecular weight excluding hydrogens is 244 g/mol. The second-order valence-electron chi connectivity index (χ2n) is 4.49. The molecule has 0 N–H and O–H groups in total. The average molecular weight is 258 g/mol. The Morgan fingerprint density at radius 3 is 2.50 bits per heavy atom. The highest BCUT2D eigenvalue weighted by molar-refractivity contribution is 7.80. The number of ketones is 2. The van der Waals surface area contributed by atoms with Crippen LogP contribution < -0.4 is 0 Å². The first-order valence-electron chi connectivity index (χ1n) is 5.74. The Kier molecular flexibility index (Phi) is 3.53. The first-order valence-corrected chi connectivity index (χ1v) is 6.18. The van der Waals surface area contributed by atoms with Crippen molar-refractivity contribution in [3.63, 3.8) is 0 Å². The number of carbonyl (C=O) groups is 2. The van der Waals surface area contributed by atoms with E-state index in [2.05, 4.69) is 12.6 Å². The second-order valence-corrected chi connectivity index (χ2v) is 4.94. The van der Waals surface area contributed by atoms with E-state index in [0.29, 0.717) is 10.5 Å². The Bertz CT molecular complexity index is 644. The highest BCUT2D eigenvalue weighted by atomic mass is 32.1. The molecule has 0 saturated carbocycles. The highest BCUT2D eigenvalue weighted by Gasteiger charge is 2.13. The van der Waals surface area contributed by atoms with Crippen LogP contribution in [-0.2, 0) is 4.79 Å². The van der Waals surface area contributed by atoms with Crippen molar-refractivity contribution in [1.82, 2.24) is 0 Å². The van der Waals surface area contributed by atoms with Gasteiger partial charge in [0, 0.05) is 10.5 Å². The van der Waals surface area contributed by atoms with Crippen molar-refractivity contribution in [2.24, 2.45) is 0 Å². The molecule has 0 aromatic heterocycles. The fourth-order valence-corrected chi connectivity index (χ4v) is 2.36. The van der Waals surface area contributed by atoms with Gasteiger partial charge in [0.2, 0.25) is 0 Å². The van der Waals surface area contributed by atoms with Gasteiger partial charge < -0.3 is 0 Å². The Balaban J connectivity index is 2.56. The fourth-order valence-electron chi connectivity index (χ4n) is 1.96. The second kappa shape index (κ2) is 4.94. The summed E-state index contributed by atoms with van der Waals surface area (Å²) in [6, 6.07) is 9.66. The molecule has 0 aliphatic rings. The van der Waals surface area contributed by atoms with E-state index in [1.807, 2.05) is 31.2 Å². The van der Waals surface area contributed by atoms with Gasteiger partial charge in [-0.1, -0.05) is 29.8 Å². The third kappa shape index (κ3) is 2.46. The maximum Gasteiger partial charge on any atom is 0.171 e. The molecule has 0 heterocycles. The van der Waals surface area contributed by atoms with Gasteiger partial charge in [-0.2, -0.15) is 0 Å². The van der Waals surface area contributed by atoms with Gasteiger partial charge in [-0.15, -0.1) is 12.6 Å². The fraction of sp³-hybridized carbons (Fsp3) is 0.200. The number of rotatable bonds is 3. The predicted octanol–water partition coefficient (Wildman–Crippen LogP) is 3.60. The molecule has 2 nitrogen and oxygen atoms in total. The summed E-state index contributed by atoms with van der Waals surface area (Å²) in [4.78, 5) is 23.6. The van der Waals surface area contributed by atoms with E-state index in [1.54, 1.807) is 6.07 Å². The maximum atomic E-state index is 11.9. The van der Waals surface area contributed by atoms with Crippen LogP contribution in [0.5, 0.6) is 0 Å². The van der Waals surface area contributed by atoms with Crippen LogP contribution in [0.1, 0.15) is 29.3 Å². The zero-order valence-electron chi connectivity index (χ0n) is 10.4. The lowest BCUT2D eigenvalue weighted by Gasteiger charge is -2.08. The molecule has 0 radical (unpaired) electrons. The largest absolute Gasteiger partial charge is 0.300 e. The van der Waals surface area contributed by atoms with Crippen LogP contribution in [0.4, 0.5) is 0 Å². The molecule has 0 unspecified atom stereocenters. The van der Waals surface area contributed by atoms with Crippen LogP contribution in [-0.4, -0.2) is 11.6 Å². The minimum absolute atomic E-state index is 0.0646. The first-order chi connectivity index (χ1) is 8.49. The number of fused-ring (bicyclic) bond motifs is 1. The minimum Gasteiger partial charge on any atom is -0.300 e. The predicted molar refractivity (Wildman–Crippen MR) is 75.6 cm³/mol. The van der Waals surface area contributed by atoms with Gasteiger partial charge in [0.15, 0.2) is 5.78 Å². The molecule has 3 heteroatoms. The summed E-state index contributed by atoms with van der Waals surface area (Å²) in [5.41, 5.74) is 1.64. The van der Waals surface area contributed by atoms with Gasteiger partial charge in [0.1, 0.15) is 5.78 Å². The van der Waals surface area contributed by atoms with Crippen molar-refractivity contribution >= 4 is 35.0 Å². The number of carbonyl (C=O) groups excluding carboxylic acids is 2. The summed E-state index contributed by atoms with van der Waals surface area (Å²) in [5.74, 6) is -0.298.